The van der Waals surface area contributed by atoms with Crippen molar-refractivity contribution in [2.24, 2.45) is 0 Å². The molecule has 1 amide bonds. The Balaban J connectivity index is 1.58. The van der Waals surface area contributed by atoms with Gasteiger partial charge < -0.3 is 14.9 Å². The first-order valence-electron chi connectivity index (χ1n) is 10.5. The molecule has 7 heteroatoms. The highest BCUT2D eigenvalue weighted by molar-refractivity contribution is 5.94. The standard InChI is InChI=1S/C21H32N4O3/c1-23(16-20(26)27)18-7-6-13-25(14-10-18)21(28)17-8-9-19(22-15-17)24-11-4-2-3-5-12-24/h8-9,15,18H,2-7,10-14,16H2,1H3,(H,26,27). The number of pyridine rings is 1. The van der Waals surface area contributed by atoms with Crippen LogP contribution in [0.1, 0.15) is 55.3 Å². The predicted octanol–water partition coefficient (Wildman–Crippen LogP) is 2.47. The molecule has 2 saturated heterocycles. The van der Waals surface area contributed by atoms with Gasteiger partial charge in [-0.05, 0) is 51.3 Å². The van der Waals surface area contributed by atoms with Gasteiger partial charge in [-0.2, -0.15) is 0 Å². The van der Waals surface area contributed by atoms with Crippen LogP contribution in [0.4, 0.5) is 5.82 Å². The van der Waals surface area contributed by atoms with Crippen molar-refractivity contribution >= 4 is 17.7 Å². The molecule has 1 aromatic heterocycles. The normalized spacial score (nSPS) is 21.3. The summed E-state index contributed by atoms with van der Waals surface area (Å²) in [6.07, 6.45) is 9.28. The average Bonchev–Trinajstić information content (AvgIpc) is 3.10. The van der Waals surface area contributed by atoms with E-state index in [0.717, 1.165) is 38.2 Å². The van der Waals surface area contributed by atoms with Crippen LogP contribution < -0.4 is 4.90 Å². The second kappa shape index (κ2) is 9.87. The minimum Gasteiger partial charge on any atom is -0.480 e. The van der Waals surface area contributed by atoms with Crippen molar-refractivity contribution in [3.05, 3.63) is 23.9 Å². The van der Waals surface area contributed by atoms with E-state index in [0.29, 0.717) is 18.7 Å². The number of rotatable bonds is 5. The summed E-state index contributed by atoms with van der Waals surface area (Å²) < 4.78 is 0. The van der Waals surface area contributed by atoms with Crippen LogP contribution in [0.25, 0.3) is 0 Å². The summed E-state index contributed by atoms with van der Waals surface area (Å²) in [5, 5.41) is 8.99. The summed E-state index contributed by atoms with van der Waals surface area (Å²) in [6, 6.07) is 4.08. The average molecular weight is 389 g/mol. The van der Waals surface area contributed by atoms with Crippen LogP contribution in [-0.2, 0) is 4.79 Å². The van der Waals surface area contributed by atoms with Gasteiger partial charge in [0.15, 0.2) is 0 Å². The van der Waals surface area contributed by atoms with Crippen molar-refractivity contribution in [1.29, 1.82) is 0 Å². The van der Waals surface area contributed by atoms with Gasteiger partial charge in [-0.3, -0.25) is 14.5 Å². The molecule has 1 unspecified atom stereocenters. The summed E-state index contributed by atoms with van der Waals surface area (Å²) in [7, 11) is 1.85. The topological polar surface area (TPSA) is 77.0 Å². The summed E-state index contributed by atoms with van der Waals surface area (Å²) >= 11 is 0. The van der Waals surface area contributed by atoms with E-state index in [2.05, 4.69) is 9.88 Å². The number of hydrogen-bond donors (Lipinski definition) is 1. The fraction of sp³-hybridized carbons (Fsp3) is 0.667. The summed E-state index contributed by atoms with van der Waals surface area (Å²) in [5.41, 5.74) is 0.635. The van der Waals surface area contributed by atoms with Crippen molar-refractivity contribution in [2.75, 3.05) is 44.7 Å². The number of nitrogens with zero attached hydrogens (tertiary/aromatic N) is 4. The largest absolute Gasteiger partial charge is 0.480 e. The Bertz CT molecular complexity index is 656. The number of hydrogen-bond acceptors (Lipinski definition) is 5. The monoisotopic (exact) mass is 388 g/mol. The Morgan fingerprint density at radius 3 is 2.46 bits per heavy atom. The molecule has 28 heavy (non-hydrogen) atoms. The zero-order valence-electron chi connectivity index (χ0n) is 16.8. The highest BCUT2D eigenvalue weighted by Gasteiger charge is 2.25. The Kier molecular flexibility index (Phi) is 7.25. The molecule has 154 valence electrons. The molecule has 1 aromatic rings. The summed E-state index contributed by atoms with van der Waals surface area (Å²) in [5.74, 6) is 0.177. The highest BCUT2D eigenvalue weighted by atomic mass is 16.4. The third kappa shape index (κ3) is 5.44. The first kappa shape index (κ1) is 20.6. The molecule has 0 aromatic carbocycles. The number of aliphatic carboxylic acids is 1. The van der Waals surface area contributed by atoms with Crippen LogP contribution in [0.5, 0.6) is 0 Å². The zero-order chi connectivity index (χ0) is 19.9. The predicted molar refractivity (Wildman–Crippen MR) is 109 cm³/mol. The lowest BCUT2D eigenvalue weighted by atomic mass is 10.1. The lowest BCUT2D eigenvalue weighted by molar-refractivity contribution is -0.138. The van der Waals surface area contributed by atoms with Gasteiger partial charge in [-0.25, -0.2) is 4.98 Å². The van der Waals surface area contributed by atoms with E-state index in [9.17, 15) is 9.59 Å². The quantitative estimate of drug-likeness (QED) is 0.835. The molecule has 2 aliphatic rings. The summed E-state index contributed by atoms with van der Waals surface area (Å²) in [4.78, 5) is 34.5. The molecule has 3 heterocycles. The number of carboxylic acid groups (broad SMARTS) is 1. The van der Waals surface area contributed by atoms with E-state index < -0.39 is 5.97 Å². The van der Waals surface area contributed by atoms with Crippen LogP contribution in [-0.4, -0.2) is 77.6 Å². The van der Waals surface area contributed by atoms with E-state index in [-0.39, 0.29) is 18.5 Å². The molecule has 0 radical (unpaired) electrons. The van der Waals surface area contributed by atoms with E-state index >= 15 is 0 Å². The summed E-state index contributed by atoms with van der Waals surface area (Å²) in [6.45, 7) is 3.49. The molecule has 1 N–H and O–H groups in total. The highest BCUT2D eigenvalue weighted by Crippen LogP contribution is 2.20. The lowest BCUT2D eigenvalue weighted by Crippen LogP contribution is -2.37. The molecule has 2 aliphatic heterocycles. The molecule has 0 spiro atoms. The second-order valence-electron chi connectivity index (χ2n) is 7.99. The van der Waals surface area contributed by atoms with Crippen LogP contribution in [0, 0.1) is 0 Å². The number of likely N-dealkylation sites (N-methyl/N-ethyl adjacent to an activating group) is 1. The third-order valence-corrected chi connectivity index (χ3v) is 5.92. The lowest BCUT2D eigenvalue weighted by Gasteiger charge is -2.25. The van der Waals surface area contributed by atoms with Crippen molar-refractivity contribution in [3.63, 3.8) is 0 Å². The van der Waals surface area contributed by atoms with E-state index in [1.165, 1.54) is 25.7 Å². The fourth-order valence-corrected chi connectivity index (χ4v) is 4.25. The maximum absolute atomic E-state index is 12.9. The van der Waals surface area contributed by atoms with Gasteiger partial charge in [0, 0.05) is 38.4 Å². The van der Waals surface area contributed by atoms with Gasteiger partial charge in [0.1, 0.15) is 5.82 Å². The molecule has 0 aliphatic carbocycles. The van der Waals surface area contributed by atoms with E-state index in [1.54, 1.807) is 6.20 Å². The number of aromatic nitrogens is 1. The molecule has 2 fully saturated rings. The van der Waals surface area contributed by atoms with Gasteiger partial charge in [-0.15, -0.1) is 0 Å². The number of amides is 1. The molecular formula is C21H32N4O3. The number of carbonyl (C=O) groups is 2. The number of carbonyl (C=O) groups excluding carboxylic acids is 1. The number of carboxylic acids is 1. The Hall–Kier alpha value is -2.15. The molecule has 3 rings (SSSR count). The van der Waals surface area contributed by atoms with Gasteiger partial charge in [0.2, 0.25) is 0 Å². The zero-order valence-corrected chi connectivity index (χ0v) is 16.8. The van der Waals surface area contributed by atoms with Crippen LogP contribution >= 0.6 is 0 Å². The number of anilines is 1. The van der Waals surface area contributed by atoms with Crippen molar-refractivity contribution in [1.82, 2.24) is 14.8 Å². The molecule has 7 nitrogen and oxygen atoms in total. The fourth-order valence-electron chi connectivity index (χ4n) is 4.25. The Morgan fingerprint density at radius 1 is 1.07 bits per heavy atom. The molecular weight excluding hydrogens is 356 g/mol. The van der Waals surface area contributed by atoms with Gasteiger partial charge in [-0.1, -0.05) is 12.8 Å². The maximum atomic E-state index is 12.9. The second-order valence-corrected chi connectivity index (χ2v) is 7.99. The first-order chi connectivity index (χ1) is 13.5. The van der Waals surface area contributed by atoms with Crippen molar-refractivity contribution in [3.8, 4) is 0 Å². The minimum atomic E-state index is -0.810. The molecule has 0 saturated carbocycles. The first-order valence-corrected chi connectivity index (χ1v) is 10.5. The van der Waals surface area contributed by atoms with Crippen LogP contribution in [0.3, 0.4) is 0 Å². The van der Waals surface area contributed by atoms with Gasteiger partial charge in [0.05, 0.1) is 12.1 Å². The van der Waals surface area contributed by atoms with E-state index in [1.807, 2.05) is 29.0 Å². The number of likely N-dealkylation sites (tertiary alicyclic amines) is 1. The maximum Gasteiger partial charge on any atom is 0.317 e. The van der Waals surface area contributed by atoms with Crippen LogP contribution in [0.2, 0.25) is 0 Å². The third-order valence-electron chi connectivity index (χ3n) is 5.92. The van der Waals surface area contributed by atoms with Crippen molar-refractivity contribution in [2.45, 2.75) is 51.0 Å². The molecule has 0 bridgehead atoms. The molecule has 1 atom stereocenters. The minimum absolute atomic E-state index is 0.0245. The SMILES string of the molecule is CN(CC(=O)O)C1CCCN(C(=O)c2ccc(N3CCCCCC3)nc2)CC1. The Labute approximate surface area is 167 Å². The van der Waals surface area contributed by atoms with Gasteiger partial charge >= 0.3 is 5.97 Å². The van der Waals surface area contributed by atoms with Gasteiger partial charge in [0.25, 0.3) is 5.91 Å². The van der Waals surface area contributed by atoms with Crippen LogP contribution in [0.15, 0.2) is 18.3 Å². The smallest absolute Gasteiger partial charge is 0.317 e. The Morgan fingerprint density at radius 2 is 1.82 bits per heavy atom. The van der Waals surface area contributed by atoms with Crippen molar-refractivity contribution < 1.29 is 14.7 Å². The van der Waals surface area contributed by atoms with E-state index in [4.69, 9.17) is 5.11 Å².